The number of unbranched alkanes of at least 4 members (excludes halogenated alkanes) is 14. The van der Waals surface area contributed by atoms with Crippen molar-refractivity contribution in [3.63, 3.8) is 0 Å². The van der Waals surface area contributed by atoms with Crippen LogP contribution in [-0.2, 0) is 28.9 Å². The second-order valence-electron chi connectivity index (χ2n) is 12.9. The first-order valence-corrected chi connectivity index (χ1v) is 19.7. The molecule has 1 saturated heterocycles. The first-order valence-electron chi connectivity index (χ1n) is 18.3. The van der Waals surface area contributed by atoms with Gasteiger partial charge in [0.25, 0.3) is 0 Å². The highest BCUT2D eigenvalue weighted by atomic mass is 32.3. The average molecular weight is 724 g/mol. The summed E-state index contributed by atoms with van der Waals surface area (Å²) in [6.07, 6.45) is 14.9. The fourth-order valence-electron chi connectivity index (χ4n) is 5.57. The number of allylic oxidation sites excluding steroid dienone is 3. The number of amides is 1. The van der Waals surface area contributed by atoms with Crippen LogP contribution in [0.2, 0.25) is 0 Å². The van der Waals surface area contributed by atoms with Crippen LogP contribution in [0.25, 0.3) is 0 Å². The molecule has 0 saturated carbocycles. The van der Waals surface area contributed by atoms with Crippen LogP contribution in [0.4, 0.5) is 0 Å². The molecule has 49 heavy (non-hydrogen) atoms. The Bertz CT molecular complexity index is 1010. The smallest absolute Gasteiger partial charge is 0.394 e. The van der Waals surface area contributed by atoms with E-state index >= 15 is 0 Å². The molecule has 1 amide bonds. The first-order chi connectivity index (χ1) is 23.4. The van der Waals surface area contributed by atoms with E-state index in [9.17, 15) is 38.7 Å². The van der Waals surface area contributed by atoms with Crippen molar-refractivity contribution in [1.29, 1.82) is 0 Å². The second kappa shape index (κ2) is 27.2. The molecule has 0 aromatic carbocycles. The minimum atomic E-state index is -5.10. The molecular weight excluding hydrogens is 658 g/mol. The SMILES string of the molecule is CCCCC/C=C/C(O)C(COC1OC(CO)C(O)C(OS(=O)(=O)O)C1O)NC(=O)C(O)CCCCCC/C=C\CCCCCCCCC. The zero-order chi connectivity index (χ0) is 36.5. The van der Waals surface area contributed by atoms with Crippen molar-refractivity contribution in [3.05, 3.63) is 24.3 Å². The van der Waals surface area contributed by atoms with Gasteiger partial charge in [0.1, 0.15) is 30.5 Å². The number of carbonyl (C=O) groups is 1. The maximum Gasteiger partial charge on any atom is 0.397 e. The largest absolute Gasteiger partial charge is 0.397 e. The van der Waals surface area contributed by atoms with Gasteiger partial charge in [-0.05, 0) is 44.9 Å². The first kappa shape index (κ1) is 45.6. The molecule has 8 atom stereocenters. The van der Waals surface area contributed by atoms with Gasteiger partial charge in [-0.2, -0.15) is 8.42 Å². The molecule has 1 fully saturated rings. The Morgan fingerprint density at radius 1 is 0.816 bits per heavy atom. The van der Waals surface area contributed by atoms with Crippen molar-refractivity contribution in [2.75, 3.05) is 13.2 Å². The Labute approximate surface area is 294 Å². The lowest BCUT2D eigenvalue weighted by Crippen LogP contribution is -2.61. The monoisotopic (exact) mass is 723 g/mol. The molecule has 0 radical (unpaired) electrons. The van der Waals surface area contributed by atoms with Crippen molar-refractivity contribution >= 4 is 16.3 Å². The van der Waals surface area contributed by atoms with Gasteiger partial charge in [0.05, 0.1) is 25.4 Å². The lowest BCUT2D eigenvalue weighted by Gasteiger charge is -2.41. The molecule has 0 aromatic heterocycles. The van der Waals surface area contributed by atoms with E-state index in [-0.39, 0.29) is 6.42 Å². The van der Waals surface area contributed by atoms with E-state index in [4.69, 9.17) is 14.0 Å². The molecule has 1 aliphatic rings. The van der Waals surface area contributed by atoms with Crippen LogP contribution in [0.1, 0.15) is 129 Å². The minimum absolute atomic E-state index is 0.228. The van der Waals surface area contributed by atoms with Crippen LogP contribution in [0.5, 0.6) is 0 Å². The van der Waals surface area contributed by atoms with Gasteiger partial charge in [-0.15, -0.1) is 0 Å². The molecule has 0 spiro atoms. The van der Waals surface area contributed by atoms with Gasteiger partial charge >= 0.3 is 10.4 Å². The average Bonchev–Trinajstić information content (AvgIpc) is 3.06. The number of aliphatic hydroxyl groups is 5. The number of rotatable bonds is 29. The van der Waals surface area contributed by atoms with Gasteiger partial charge in [-0.25, -0.2) is 4.18 Å². The normalized spacial score (nSPS) is 23.6. The fourth-order valence-corrected chi connectivity index (χ4v) is 6.08. The Morgan fingerprint density at radius 3 is 1.94 bits per heavy atom. The third-order valence-electron chi connectivity index (χ3n) is 8.58. The molecule has 0 bridgehead atoms. The molecule has 8 unspecified atom stereocenters. The molecule has 1 aliphatic heterocycles. The second-order valence-corrected chi connectivity index (χ2v) is 14.0. The quantitative estimate of drug-likeness (QED) is 0.0332. The highest BCUT2D eigenvalue weighted by Gasteiger charge is 2.48. The molecule has 1 heterocycles. The van der Waals surface area contributed by atoms with E-state index in [0.717, 1.165) is 51.4 Å². The summed E-state index contributed by atoms with van der Waals surface area (Å²) in [7, 11) is -5.10. The molecular formula is C35H65NO12S. The highest BCUT2D eigenvalue weighted by molar-refractivity contribution is 7.80. The van der Waals surface area contributed by atoms with Gasteiger partial charge in [0.15, 0.2) is 6.29 Å². The van der Waals surface area contributed by atoms with Crippen molar-refractivity contribution in [2.24, 2.45) is 0 Å². The van der Waals surface area contributed by atoms with Crippen LogP contribution in [0, 0.1) is 0 Å². The summed E-state index contributed by atoms with van der Waals surface area (Å²) in [6.45, 7) is 3.02. The van der Waals surface area contributed by atoms with Crippen LogP contribution < -0.4 is 5.32 Å². The van der Waals surface area contributed by atoms with Gasteiger partial charge in [0, 0.05) is 0 Å². The third kappa shape index (κ3) is 20.9. The van der Waals surface area contributed by atoms with E-state index < -0.39 is 78.5 Å². The summed E-state index contributed by atoms with van der Waals surface area (Å²) in [4.78, 5) is 12.9. The van der Waals surface area contributed by atoms with E-state index in [1.807, 2.05) is 0 Å². The van der Waals surface area contributed by atoms with Gasteiger partial charge in [-0.3, -0.25) is 9.35 Å². The summed E-state index contributed by atoms with van der Waals surface area (Å²) in [5.41, 5.74) is 0. The summed E-state index contributed by atoms with van der Waals surface area (Å²) in [5.74, 6) is -0.721. The van der Waals surface area contributed by atoms with E-state index in [1.165, 1.54) is 51.0 Å². The van der Waals surface area contributed by atoms with Gasteiger partial charge in [0.2, 0.25) is 5.91 Å². The lowest BCUT2D eigenvalue weighted by atomic mass is 9.99. The molecule has 288 valence electrons. The van der Waals surface area contributed by atoms with Crippen molar-refractivity contribution in [1.82, 2.24) is 5.32 Å². The number of carbonyl (C=O) groups excluding carboxylic acids is 1. The van der Waals surface area contributed by atoms with Gasteiger partial charge < -0.3 is 40.3 Å². The van der Waals surface area contributed by atoms with Crippen LogP contribution in [-0.4, -0.2) is 107 Å². The zero-order valence-electron chi connectivity index (χ0n) is 29.6. The van der Waals surface area contributed by atoms with Crippen molar-refractivity contribution in [2.45, 2.75) is 178 Å². The number of hydrogen-bond acceptors (Lipinski definition) is 11. The number of aliphatic hydroxyl groups excluding tert-OH is 5. The molecule has 13 nitrogen and oxygen atoms in total. The Hall–Kier alpha value is -1.46. The zero-order valence-corrected chi connectivity index (χ0v) is 30.4. The Kier molecular flexibility index (Phi) is 25.3. The predicted octanol–water partition coefficient (Wildman–Crippen LogP) is 4.01. The third-order valence-corrected chi connectivity index (χ3v) is 9.05. The Morgan fingerprint density at radius 2 is 1.35 bits per heavy atom. The molecule has 0 aliphatic carbocycles. The standard InChI is InChI=1S/C35H65NO12S/c1-3-5-7-9-10-11-12-13-14-15-16-17-18-20-22-24-29(39)34(42)36-27(28(38)23-21-19-8-6-4-2)26-46-35-32(41)33(48-49(43,44)45)31(40)30(25-37)47-35/h14-15,21,23,27-33,35,37-41H,3-13,16-20,22,24-26H2,1-2H3,(H,36,42)(H,43,44,45)/b15-14-,23-21+. The predicted molar refractivity (Wildman–Crippen MR) is 187 cm³/mol. The minimum Gasteiger partial charge on any atom is -0.394 e. The van der Waals surface area contributed by atoms with Crippen LogP contribution in [0.15, 0.2) is 24.3 Å². The number of hydrogen-bond donors (Lipinski definition) is 7. The summed E-state index contributed by atoms with van der Waals surface area (Å²) in [5, 5.41) is 54.4. The van der Waals surface area contributed by atoms with E-state index in [1.54, 1.807) is 6.08 Å². The number of ether oxygens (including phenoxy) is 2. The van der Waals surface area contributed by atoms with Gasteiger partial charge in [-0.1, -0.05) is 109 Å². The summed E-state index contributed by atoms with van der Waals surface area (Å²) >= 11 is 0. The van der Waals surface area contributed by atoms with E-state index in [0.29, 0.717) is 12.8 Å². The highest BCUT2D eigenvalue weighted by Crippen LogP contribution is 2.26. The lowest BCUT2D eigenvalue weighted by molar-refractivity contribution is -0.298. The van der Waals surface area contributed by atoms with E-state index in [2.05, 4.69) is 35.5 Å². The molecule has 0 aromatic rings. The maximum atomic E-state index is 12.9. The summed E-state index contributed by atoms with van der Waals surface area (Å²) < 4.78 is 47.0. The van der Waals surface area contributed by atoms with Crippen LogP contribution in [0.3, 0.4) is 0 Å². The van der Waals surface area contributed by atoms with Crippen molar-refractivity contribution in [3.8, 4) is 0 Å². The molecule has 1 rings (SSSR count). The maximum absolute atomic E-state index is 12.9. The Balaban J connectivity index is 2.60. The topological polar surface area (TPSA) is 212 Å². The number of nitrogens with one attached hydrogen (secondary N) is 1. The molecule has 7 N–H and O–H groups in total. The summed E-state index contributed by atoms with van der Waals surface area (Å²) in [6, 6.07) is -1.12. The van der Waals surface area contributed by atoms with Crippen LogP contribution >= 0.6 is 0 Å². The fraction of sp³-hybridized carbons (Fsp3) is 0.857. The molecule has 14 heteroatoms. The van der Waals surface area contributed by atoms with Crippen molar-refractivity contribution < 1.29 is 57.0 Å².